The van der Waals surface area contributed by atoms with E-state index in [1.54, 1.807) is 0 Å². The van der Waals surface area contributed by atoms with Gasteiger partial charge in [-0.1, -0.05) is 6.07 Å². The molecule has 1 aliphatic heterocycles. The molecule has 0 saturated carbocycles. The molecule has 4 rings (SSSR count). The molecular weight excluding hydrogens is 329 g/mol. The molecule has 4 nitrogen and oxygen atoms in total. The summed E-state index contributed by atoms with van der Waals surface area (Å²) in [6.07, 6.45) is 3.65. The number of benzene rings is 2. The number of hydrogen-bond acceptors (Lipinski definition) is 2. The van der Waals surface area contributed by atoms with Gasteiger partial charge in [0.25, 0.3) is 5.91 Å². The average molecular weight is 347 g/mol. The van der Waals surface area contributed by atoms with Gasteiger partial charge < -0.3 is 15.6 Å². The number of carbonyl (C=O) groups excluding carboxylic acids is 1. The zero-order valence-electron chi connectivity index (χ0n) is 14.3. The number of hydrogen-bond donors (Lipinski definition) is 3. The number of aryl methyl sites for hydroxylation is 1. The number of H-pyrrole nitrogens is 1. The van der Waals surface area contributed by atoms with Gasteiger partial charge in [-0.15, -0.1) is 0 Å². The van der Waals surface area contributed by atoms with Crippen LogP contribution >= 0.6 is 0 Å². The lowest BCUT2D eigenvalue weighted by atomic mass is 10.0. The molecule has 1 aliphatic rings. The summed E-state index contributed by atoms with van der Waals surface area (Å²) in [7, 11) is 0. The summed E-state index contributed by atoms with van der Waals surface area (Å²) < 4.78 is 13.5. The Hall–Kier alpha value is -3.34. The number of fused-ring (bicyclic) bond motifs is 1. The van der Waals surface area contributed by atoms with E-state index < -0.39 is 0 Å². The maximum atomic E-state index is 13.5. The molecule has 0 fully saturated rings. The first kappa shape index (κ1) is 16.1. The van der Waals surface area contributed by atoms with Gasteiger partial charge in [-0.3, -0.25) is 4.79 Å². The van der Waals surface area contributed by atoms with Crippen LogP contribution in [0.25, 0.3) is 11.6 Å². The average Bonchev–Trinajstić information content (AvgIpc) is 3.21. The SMILES string of the molecule is Cc1cc(F)cc(CNc2ccc3c(c2)C(=Cc2ccc[nH]2)C(=O)N3)c1. The summed E-state index contributed by atoms with van der Waals surface area (Å²) in [5.41, 5.74) is 5.77. The summed E-state index contributed by atoms with van der Waals surface area (Å²) in [5.74, 6) is -0.353. The normalized spacial score (nSPS) is 14.4. The first-order chi connectivity index (χ1) is 12.6. The van der Waals surface area contributed by atoms with Crippen LogP contribution in [0.1, 0.15) is 22.4 Å². The fourth-order valence-electron chi connectivity index (χ4n) is 3.15. The summed E-state index contributed by atoms with van der Waals surface area (Å²) in [4.78, 5) is 15.3. The van der Waals surface area contributed by atoms with Crippen molar-refractivity contribution in [2.45, 2.75) is 13.5 Å². The highest BCUT2D eigenvalue weighted by Gasteiger charge is 2.24. The quantitative estimate of drug-likeness (QED) is 0.606. The zero-order chi connectivity index (χ0) is 18.1. The van der Waals surface area contributed by atoms with Crippen molar-refractivity contribution in [1.82, 2.24) is 4.98 Å². The number of nitrogens with one attached hydrogen (secondary N) is 3. The van der Waals surface area contributed by atoms with E-state index >= 15 is 0 Å². The molecule has 2 aromatic carbocycles. The molecule has 26 heavy (non-hydrogen) atoms. The Morgan fingerprint density at radius 3 is 2.81 bits per heavy atom. The van der Waals surface area contributed by atoms with Gasteiger partial charge in [-0.25, -0.2) is 4.39 Å². The van der Waals surface area contributed by atoms with Crippen molar-refractivity contribution in [3.8, 4) is 0 Å². The van der Waals surface area contributed by atoms with Crippen LogP contribution in [0, 0.1) is 12.7 Å². The number of amides is 1. The maximum Gasteiger partial charge on any atom is 0.256 e. The van der Waals surface area contributed by atoms with Crippen molar-refractivity contribution in [2.75, 3.05) is 10.6 Å². The van der Waals surface area contributed by atoms with E-state index in [1.807, 2.05) is 55.6 Å². The van der Waals surface area contributed by atoms with Crippen LogP contribution in [-0.2, 0) is 11.3 Å². The standard InChI is InChI=1S/C21H18FN3O/c1-13-7-14(9-15(22)8-13)12-24-17-4-5-20-18(10-17)19(21(26)25-20)11-16-3-2-6-23-16/h2-11,23-24H,12H2,1H3,(H,25,26). The van der Waals surface area contributed by atoms with Gasteiger partial charge in [0.1, 0.15) is 5.82 Å². The van der Waals surface area contributed by atoms with Gasteiger partial charge in [0.05, 0.1) is 5.57 Å². The molecule has 1 aromatic heterocycles. The summed E-state index contributed by atoms with van der Waals surface area (Å²) in [5, 5.41) is 6.18. The van der Waals surface area contributed by atoms with E-state index in [4.69, 9.17) is 0 Å². The van der Waals surface area contributed by atoms with Crippen LogP contribution in [-0.4, -0.2) is 10.9 Å². The summed E-state index contributed by atoms with van der Waals surface area (Å²) >= 11 is 0. The second kappa shape index (κ2) is 6.52. The van der Waals surface area contributed by atoms with E-state index in [9.17, 15) is 9.18 Å². The van der Waals surface area contributed by atoms with Crippen molar-refractivity contribution >= 4 is 28.9 Å². The number of anilines is 2. The van der Waals surface area contributed by atoms with Crippen LogP contribution in [0.2, 0.25) is 0 Å². The number of halogens is 1. The minimum atomic E-state index is -0.235. The largest absolute Gasteiger partial charge is 0.381 e. The van der Waals surface area contributed by atoms with Crippen molar-refractivity contribution in [3.63, 3.8) is 0 Å². The number of aromatic nitrogens is 1. The van der Waals surface area contributed by atoms with Crippen LogP contribution in [0.15, 0.2) is 54.7 Å². The Balaban J connectivity index is 1.59. The molecule has 1 amide bonds. The van der Waals surface area contributed by atoms with E-state index in [0.29, 0.717) is 12.1 Å². The Morgan fingerprint density at radius 1 is 1.15 bits per heavy atom. The highest BCUT2D eigenvalue weighted by atomic mass is 19.1. The second-order valence-electron chi connectivity index (χ2n) is 6.39. The Bertz CT molecular complexity index is 986. The Morgan fingerprint density at radius 2 is 2.04 bits per heavy atom. The van der Waals surface area contributed by atoms with Gasteiger partial charge in [0.15, 0.2) is 0 Å². The molecular formula is C21H18FN3O. The number of rotatable bonds is 4. The topological polar surface area (TPSA) is 56.9 Å². The molecule has 0 radical (unpaired) electrons. The van der Waals surface area contributed by atoms with E-state index in [2.05, 4.69) is 15.6 Å². The molecule has 2 heterocycles. The summed E-state index contributed by atoms with van der Waals surface area (Å²) in [6, 6.07) is 14.5. The van der Waals surface area contributed by atoms with Crippen LogP contribution in [0.5, 0.6) is 0 Å². The zero-order valence-corrected chi connectivity index (χ0v) is 14.3. The van der Waals surface area contributed by atoms with Crippen LogP contribution in [0.4, 0.5) is 15.8 Å². The van der Waals surface area contributed by atoms with Gasteiger partial charge in [-0.05, 0) is 66.6 Å². The minimum absolute atomic E-state index is 0.118. The number of carbonyl (C=O) groups is 1. The molecule has 0 spiro atoms. The van der Waals surface area contributed by atoms with Crippen molar-refractivity contribution in [1.29, 1.82) is 0 Å². The van der Waals surface area contributed by atoms with Crippen LogP contribution in [0.3, 0.4) is 0 Å². The van der Waals surface area contributed by atoms with Gasteiger partial charge >= 0.3 is 0 Å². The van der Waals surface area contributed by atoms with E-state index in [0.717, 1.165) is 33.8 Å². The third kappa shape index (κ3) is 3.24. The van der Waals surface area contributed by atoms with Gasteiger partial charge in [0, 0.05) is 35.4 Å². The molecule has 3 aromatic rings. The maximum absolute atomic E-state index is 13.5. The van der Waals surface area contributed by atoms with Gasteiger partial charge in [-0.2, -0.15) is 0 Å². The first-order valence-electron chi connectivity index (χ1n) is 8.39. The lowest BCUT2D eigenvalue weighted by Crippen LogP contribution is -2.03. The molecule has 130 valence electrons. The van der Waals surface area contributed by atoms with Crippen LogP contribution < -0.4 is 10.6 Å². The molecule has 0 unspecified atom stereocenters. The number of aromatic amines is 1. The van der Waals surface area contributed by atoms with Crippen molar-refractivity contribution in [3.05, 3.63) is 82.9 Å². The molecule has 0 atom stereocenters. The molecule has 0 aliphatic carbocycles. The summed E-state index contributed by atoms with van der Waals surface area (Å²) in [6.45, 7) is 2.38. The van der Waals surface area contributed by atoms with Gasteiger partial charge in [0.2, 0.25) is 0 Å². The molecule has 0 saturated heterocycles. The Kier molecular flexibility index (Phi) is 4.05. The Labute approximate surface area is 150 Å². The van der Waals surface area contributed by atoms with Crippen molar-refractivity contribution < 1.29 is 9.18 Å². The predicted octanol–water partition coefficient (Wildman–Crippen LogP) is 4.57. The minimum Gasteiger partial charge on any atom is -0.381 e. The highest BCUT2D eigenvalue weighted by molar-refractivity contribution is 6.35. The highest BCUT2D eigenvalue weighted by Crippen LogP contribution is 2.35. The molecule has 5 heteroatoms. The smallest absolute Gasteiger partial charge is 0.256 e. The monoisotopic (exact) mass is 347 g/mol. The molecule has 3 N–H and O–H groups in total. The van der Waals surface area contributed by atoms with E-state index in [-0.39, 0.29) is 11.7 Å². The first-order valence-corrected chi connectivity index (χ1v) is 8.39. The lowest BCUT2D eigenvalue weighted by Gasteiger charge is -2.09. The predicted molar refractivity (Wildman–Crippen MR) is 102 cm³/mol. The lowest BCUT2D eigenvalue weighted by molar-refractivity contribution is -0.110. The van der Waals surface area contributed by atoms with E-state index in [1.165, 1.54) is 12.1 Å². The molecule has 0 bridgehead atoms. The third-order valence-electron chi connectivity index (χ3n) is 4.32. The fraction of sp³-hybridized carbons (Fsp3) is 0.0952. The second-order valence-corrected chi connectivity index (χ2v) is 6.39. The van der Waals surface area contributed by atoms with Crippen molar-refractivity contribution in [2.24, 2.45) is 0 Å². The fourth-order valence-corrected chi connectivity index (χ4v) is 3.15. The third-order valence-corrected chi connectivity index (χ3v) is 4.32.